The van der Waals surface area contributed by atoms with Crippen LogP contribution >= 0.6 is 0 Å². The normalized spacial score (nSPS) is 11.9. The Bertz CT molecular complexity index is 804. The molecule has 2 nitrogen and oxygen atoms in total. The van der Waals surface area contributed by atoms with E-state index >= 15 is 0 Å². The fourth-order valence-corrected chi connectivity index (χ4v) is 2.98. The summed E-state index contributed by atoms with van der Waals surface area (Å²) >= 11 is 0. The minimum Gasteiger partial charge on any atom is -0.687 e. The van der Waals surface area contributed by atoms with Crippen LogP contribution in [0.5, 0.6) is 0 Å². The first-order valence-electron chi connectivity index (χ1n) is 7.17. The van der Waals surface area contributed by atoms with Crippen molar-refractivity contribution in [3.8, 4) is 22.4 Å². The summed E-state index contributed by atoms with van der Waals surface area (Å²) in [5.74, 6) is 0. The summed E-state index contributed by atoms with van der Waals surface area (Å²) in [6, 6.07) is 21.5. The predicted molar refractivity (Wildman–Crippen MR) is 85.6 cm³/mol. The average molecular weight is 272 g/mol. The van der Waals surface area contributed by atoms with Crippen molar-refractivity contribution < 1.29 is 4.57 Å². The highest BCUT2D eigenvalue weighted by Gasteiger charge is 2.25. The highest BCUT2D eigenvalue weighted by Crippen LogP contribution is 2.32. The second kappa shape index (κ2) is 4.74. The van der Waals surface area contributed by atoms with E-state index < -0.39 is 0 Å². The zero-order valence-corrected chi connectivity index (χ0v) is 12.0. The first-order chi connectivity index (χ1) is 10.3. The molecule has 0 spiro atoms. The van der Waals surface area contributed by atoms with Crippen molar-refractivity contribution in [2.75, 3.05) is 7.05 Å². The second-order valence-electron chi connectivity index (χ2n) is 5.36. The van der Waals surface area contributed by atoms with Crippen molar-refractivity contribution in [2.45, 2.75) is 6.54 Å². The molecule has 0 atom stereocenters. The molecule has 0 N–H and O–H groups in total. The van der Waals surface area contributed by atoms with Crippen LogP contribution in [0, 0.1) is 0 Å². The van der Waals surface area contributed by atoms with E-state index in [-0.39, 0.29) is 0 Å². The summed E-state index contributed by atoms with van der Waals surface area (Å²) in [6.07, 6.45) is 2.15. The van der Waals surface area contributed by atoms with E-state index in [1.807, 2.05) is 7.05 Å². The molecule has 2 heterocycles. The van der Waals surface area contributed by atoms with Crippen molar-refractivity contribution in [3.05, 3.63) is 77.7 Å². The van der Waals surface area contributed by atoms with Crippen LogP contribution in [0.15, 0.2) is 66.9 Å². The summed E-state index contributed by atoms with van der Waals surface area (Å²) in [5.41, 5.74) is 7.55. The molecule has 1 aromatic heterocycles. The molecule has 0 saturated carbocycles. The van der Waals surface area contributed by atoms with Gasteiger partial charge >= 0.3 is 0 Å². The zero-order chi connectivity index (χ0) is 14.2. The van der Waals surface area contributed by atoms with Gasteiger partial charge < -0.3 is 5.32 Å². The van der Waals surface area contributed by atoms with Crippen LogP contribution in [0.4, 0.5) is 5.69 Å². The molecule has 1 aliphatic heterocycles. The van der Waals surface area contributed by atoms with E-state index in [2.05, 4.69) is 76.7 Å². The Balaban J connectivity index is 1.80. The molecule has 0 saturated heterocycles. The molecule has 0 aliphatic carbocycles. The number of fused-ring (bicyclic) bond motifs is 3. The fraction of sp³-hybridized carbons (Fsp3) is 0.105. The minimum absolute atomic E-state index is 0.972. The Morgan fingerprint density at radius 3 is 2.52 bits per heavy atom. The number of hydrogen-bond acceptors (Lipinski definition) is 0. The van der Waals surface area contributed by atoms with Crippen LogP contribution in [-0.2, 0) is 6.54 Å². The maximum atomic E-state index is 4.19. The molecule has 0 amide bonds. The van der Waals surface area contributed by atoms with Gasteiger partial charge in [-0.05, 0) is 23.3 Å². The van der Waals surface area contributed by atoms with Crippen LogP contribution in [0.2, 0.25) is 0 Å². The van der Waals surface area contributed by atoms with Crippen LogP contribution < -0.4 is 4.57 Å². The third kappa shape index (κ3) is 2.00. The Kier molecular flexibility index (Phi) is 2.74. The first kappa shape index (κ1) is 12.2. The molecule has 1 aliphatic rings. The van der Waals surface area contributed by atoms with Crippen molar-refractivity contribution in [2.24, 2.45) is 0 Å². The largest absolute Gasteiger partial charge is 0.687 e. The summed E-state index contributed by atoms with van der Waals surface area (Å²) in [5, 5.41) is 4.19. The minimum atomic E-state index is 0.972. The second-order valence-corrected chi connectivity index (χ2v) is 5.36. The van der Waals surface area contributed by atoms with Crippen LogP contribution in [-0.4, -0.2) is 7.05 Å². The Morgan fingerprint density at radius 2 is 1.71 bits per heavy atom. The number of aromatic nitrogens is 1. The number of hydrogen-bond donors (Lipinski definition) is 0. The van der Waals surface area contributed by atoms with Gasteiger partial charge in [0, 0.05) is 17.7 Å². The van der Waals surface area contributed by atoms with Crippen molar-refractivity contribution in [3.63, 3.8) is 0 Å². The molecule has 3 aromatic rings. The summed E-state index contributed by atoms with van der Waals surface area (Å²) < 4.78 is 2.30. The summed E-state index contributed by atoms with van der Waals surface area (Å²) in [4.78, 5) is 0. The van der Waals surface area contributed by atoms with E-state index in [1.165, 1.54) is 27.9 Å². The van der Waals surface area contributed by atoms with Gasteiger partial charge in [-0.1, -0.05) is 36.4 Å². The van der Waals surface area contributed by atoms with Gasteiger partial charge in [-0.2, -0.15) is 4.57 Å². The highest BCUT2D eigenvalue weighted by atomic mass is 15.0. The van der Waals surface area contributed by atoms with Crippen molar-refractivity contribution in [1.29, 1.82) is 0 Å². The van der Waals surface area contributed by atoms with Crippen LogP contribution in [0.1, 0.15) is 5.56 Å². The standard InChI is InChI=1S/C19H16N2/c1-20-17-9-7-14(8-10-17)15-5-6-16-13-21-11-3-2-4-19(21)18(16)12-15/h2-12H,13H2,1H3. The molecule has 102 valence electrons. The van der Waals surface area contributed by atoms with Crippen LogP contribution in [0.3, 0.4) is 0 Å². The molecule has 2 heteroatoms. The maximum Gasteiger partial charge on any atom is 0.213 e. The average Bonchev–Trinajstić information content (AvgIpc) is 2.93. The number of pyridine rings is 1. The molecule has 0 unspecified atom stereocenters. The van der Waals surface area contributed by atoms with E-state index in [1.54, 1.807) is 0 Å². The molecule has 4 rings (SSSR count). The quantitative estimate of drug-likeness (QED) is 0.484. The van der Waals surface area contributed by atoms with E-state index in [0.717, 1.165) is 12.2 Å². The Morgan fingerprint density at radius 1 is 0.905 bits per heavy atom. The lowest BCUT2D eigenvalue weighted by molar-refractivity contribution is -0.672. The van der Waals surface area contributed by atoms with Crippen molar-refractivity contribution in [1.82, 2.24) is 0 Å². The van der Waals surface area contributed by atoms with Gasteiger partial charge in [-0.25, -0.2) is 0 Å². The highest BCUT2D eigenvalue weighted by molar-refractivity contribution is 5.74. The van der Waals surface area contributed by atoms with Crippen molar-refractivity contribution >= 4 is 5.69 Å². The Labute approximate surface area is 124 Å². The van der Waals surface area contributed by atoms with E-state index in [0.29, 0.717) is 0 Å². The third-order valence-electron chi connectivity index (χ3n) is 4.13. The van der Waals surface area contributed by atoms with Gasteiger partial charge in [0.25, 0.3) is 0 Å². The van der Waals surface area contributed by atoms with Gasteiger partial charge in [-0.15, -0.1) is 12.7 Å². The molecule has 0 fully saturated rings. The zero-order valence-electron chi connectivity index (χ0n) is 12.0. The van der Waals surface area contributed by atoms with Gasteiger partial charge in [0.1, 0.15) is 0 Å². The lowest BCUT2D eigenvalue weighted by Crippen LogP contribution is -2.31. The predicted octanol–water partition coefficient (Wildman–Crippen LogP) is 4.30. The number of nitrogens with zero attached hydrogens (tertiary/aromatic N) is 2. The monoisotopic (exact) mass is 272 g/mol. The smallest absolute Gasteiger partial charge is 0.213 e. The molecule has 0 bridgehead atoms. The van der Waals surface area contributed by atoms with E-state index in [4.69, 9.17) is 0 Å². The van der Waals surface area contributed by atoms with Gasteiger partial charge in [0.15, 0.2) is 12.7 Å². The molecule has 2 aromatic carbocycles. The Hall–Kier alpha value is -2.61. The maximum absolute atomic E-state index is 4.19. The van der Waals surface area contributed by atoms with Gasteiger partial charge in [0.2, 0.25) is 5.69 Å². The van der Waals surface area contributed by atoms with E-state index in [9.17, 15) is 0 Å². The molecular formula is C19H16N2. The molecular weight excluding hydrogens is 256 g/mol. The summed E-state index contributed by atoms with van der Waals surface area (Å²) in [6.45, 7) is 0.972. The first-order valence-corrected chi connectivity index (χ1v) is 7.17. The number of benzene rings is 2. The fourth-order valence-electron chi connectivity index (χ4n) is 2.98. The lowest BCUT2D eigenvalue weighted by atomic mass is 9.99. The van der Waals surface area contributed by atoms with Gasteiger partial charge in [-0.3, -0.25) is 0 Å². The number of rotatable bonds is 2. The lowest BCUT2D eigenvalue weighted by Gasteiger charge is -2.13. The topological polar surface area (TPSA) is 18.0 Å². The molecule has 21 heavy (non-hydrogen) atoms. The SMILES string of the molecule is C[N-]c1ccc(-c2ccc3c(c2)-c2cccc[n+]2C3)cc1. The summed E-state index contributed by atoms with van der Waals surface area (Å²) in [7, 11) is 1.82. The molecule has 0 radical (unpaired) electrons. The van der Waals surface area contributed by atoms with Crippen LogP contribution in [0.25, 0.3) is 27.7 Å². The van der Waals surface area contributed by atoms with Gasteiger partial charge in [0.05, 0.1) is 5.56 Å². The third-order valence-corrected chi connectivity index (χ3v) is 4.13.